The molecule has 0 N–H and O–H groups in total. The number of hydrogen-bond acceptors (Lipinski definition) is 0. The number of hydrogen-bond donors (Lipinski definition) is 0. The SMILES string of the molecule is Cc1ccccc1P(c1ccccc1C)c1ccccc1C.Cc1ccccc1P(c1ccccc1C)c1ccccc1C.Cc1ccccc1P(c1ccccc1C)c1ccccc1C.[Cl][Ru][Cl]. The van der Waals surface area contributed by atoms with Gasteiger partial charge in [-0.15, -0.1) is 0 Å². The molecular weight excluding hydrogens is 1020 g/mol. The fourth-order valence-corrected chi connectivity index (χ4v) is 16.8. The van der Waals surface area contributed by atoms with E-state index in [0.29, 0.717) is 0 Å². The summed E-state index contributed by atoms with van der Waals surface area (Å²) >= 11 is -0.346. The molecule has 9 aromatic carbocycles. The van der Waals surface area contributed by atoms with Gasteiger partial charge in [0.15, 0.2) is 0 Å². The predicted molar refractivity (Wildman–Crippen MR) is 310 cm³/mol. The van der Waals surface area contributed by atoms with Crippen LogP contribution in [0.5, 0.6) is 0 Å². The molecule has 9 rings (SSSR count). The van der Waals surface area contributed by atoms with Crippen LogP contribution in [0.1, 0.15) is 50.1 Å². The topological polar surface area (TPSA) is 0 Å². The third-order valence-corrected chi connectivity index (χ3v) is 21.1. The van der Waals surface area contributed by atoms with Crippen molar-refractivity contribution in [2.75, 3.05) is 0 Å². The molecule has 0 unspecified atom stereocenters. The first kappa shape index (κ1) is 53.8. The summed E-state index contributed by atoms with van der Waals surface area (Å²) in [4.78, 5) is 0. The Morgan fingerprint density at radius 3 is 0.377 bits per heavy atom. The Hall–Kier alpha value is -4.53. The fourth-order valence-electron chi connectivity index (χ4n) is 8.50. The molecule has 0 nitrogen and oxygen atoms in total. The maximum absolute atomic E-state index is 4.85. The number of aryl methyl sites for hydroxylation is 9. The molecular formula is C63H63Cl2P3Ru. The number of halogens is 2. The van der Waals surface area contributed by atoms with E-state index in [1.807, 2.05) is 0 Å². The molecule has 9 aromatic rings. The van der Waals surface area contributed by atoms with Crippen LogP contribution in [0.2, 0.25) is 0 Å². The molecule has 6 heteroatoms. The van der Waals surface area contributed by atoms with E-state index in [0.717, 1.165) is 0 Å². The second-order valence-corrected chi connectivity index (χ2v) is 26.1. The zero-order valence-electron chi connectivity index (χ0n) is 41.2. The molecule has 0 aliphatic rings. The standard InChI is InChI=1S/3C21H21P.2ClH.Ru/c3*1-16-10-4-7-13-19(16)22(20-14-8-5-11-17(20)2)21-15-9-6-12-18(21)3;;;/h3*4-15H,1-3H3;2*1H;/q;;;;;+2/p-2. The number of rotatable bonds is 9. The van der Waals surface area contributed by atoms with E-state index in [2.05, 4.69) is 281 Å². The van der Waals surface area contributed by atoms with Crippen molar-refractivity contribution < 1.29 is 15.1 Å². The molecule has 0 spiro atoms. The summed E-state index contributed by atoms with van der Waals surface area (Å²) in [5.41, 5.74) is 12.4. The van der Waals surface area contributed by atoms with Crippen molar-refractivity contribution in [3.63, 3.8) is 0 Å². The fraction of sp³-hybridized carbons (Fsp3) is 0.143. The molecule has 0 saturated carbocycles. The monoisotopic (exact) mass is 1080 g/mol. The van der Waals surface area contributed by atoms with Crippen LogP contribution in [0.25, 0.3) is 0 Å². The summed E-state index contributed by atoms with van der Waals surface area (Å²) in [5, 5.41) is 13.1. The van der Waals surface area contributed by atoms with Crippen LogP contribution in [0.3, 0.4) is 0 Å². The Bertz CT molecular complexity index is 2410. The third kappa shape index (κ3) is 14.1. The van der Waals surface area contributed by atoms with Gasteiger partial charge in [0, 0.05) is 0 Å². The van der Waals surface area contributed by atoms with E-state index in [4.69, 9.17) is 19.4 Å². The second kappa shape index (κ2) is 27.2. The third-order valence-electron chi connectivity index (χ3n) is 12.2. The van der Waals surface area contributed by atoms with Crippen molar-refractivity contribution in [3.8, 4) is 0 Å². The first-order valence-electron chi connectivity index (χ1n) is 23.2. The average molecular weight is 1090 g/mol. The van der Waals surface area contributed by atoms with E-state index in [9.17, 15) is 0 Å². The number of benzene rings is 9. The van der Waals surface area contributed by atoms with Gasteiger partial charge >= 0.3 is 34.5 Å². The van der Waals surface area contributed by atoms with Crippen LogP contribution < -0.4 is 47.7 Å². The van der Waals surface area contributed by atoms with Crippen molar-refractivity contribution >= 4 is 90.9 Å². The summed E-state index contributed by atoms with van der Waals surface area (Å²) in [6.07, 6.45) is 0. The van der Waals surface area contributed by atoms with Crippen molar-refractivity contribution in [3.05, 3.63) is 268 Å². The first-order chi connectivity index (χ1) is 33.5. The Morgan fingerprint density at radius 1 is 0.203 bits per heavy atom. The summed E-state index contributed by atoms with van der Waals surface area (Å²) < 4.78 is 0. The first-order valence-corrected chi connectivity index (χ1v) is 31.7. The maximum atomic E-state index is 4.85. The van der Waals surface area contributed by atoms with Crippen molar-refractivity contribution in [2.45, 2.75) is 62.3 Å². The van der Waals surface area contributed by atoms with Crippen LogP contribution >= 0.6 is 43.1 Å². The molecule has 0 amide bonds. The summed E-state index contributed by atoms with van der Waals surface area (Å²) in [5.74, 6) is 0. The predicted octanol–water partition coefficient (Wildman–Crippen LogP) is 14.5. The molecule has 69 heavy (non-hydrogen) atoms. The quantitative estimate of drug-likeness (QED) is 0.0998. The minimum absolute atomic E-state index is 0.346. The average Bonchev–Trinajstić information content (AvgIpc) is 3.35. The van der Waals surface area contributed by atoms with Gasteiger partial charge in [-0.2, -0.15) is 0 Å². The van der Waals surface area contributed by atoms with Crippen molar-refractivity contribution in [2.24, 2.45) is 0 Å². The van der Waals surface area contributed by atoms with Crippen LogP contribution in [0, 0.1) is 62.3 Å². The molecule has 0 bridgehead atoms. The molecule has 0 radical (unpaired) electrons. The summed E-state index contributed by atoms with van der Waals surface area (Å²) in [6, 6.07) is 79.2. The van der Waals surface area contributed by atoms with Gasteiger partial charge in [-0.3, -0.25) is 0 Å². The zero-order valence-corrected chi connectivity index (χ0v) is 47.2. The Labute approximate surface area is 433 Å². The molecule has 0 heterocycles. The minimum atomic E-state index is -0.508. The van der Waals surface area contributed by atoms with Gasteiger partial charge in [-0.25, -0.2) is 0 Å². The Morgan fingerprint density at radius 2 is 0.290 bits per heavy atom. The van der Waals surface area contributed by atoms with Gasteiger partial charge in [0.05, 0.1) is 0 Å². The van der Waals surface area contributed by atoms with Crippen LogP contribution in [-0.4, -0.2) is 0 Å². The van der Waals surface area contributed by atoms with Crippen molar-refractivity contribution in [1.82, 2.24) is 0 Å². The van der Waals surface area contributed by atoms with E-state index >= 15 is 0 Å². The normalized spacial score (nSPS) is 10.8. The molecule has 0 atom stereocenters. The van der Waals surface area contributed by atoms with Gasteiger partial charge in [-0.05, 0) is 184 Å². The Kier molecular flexibility index (Phi) is 21.2. The van der Waals surface area contributed by atoms with E-state index in [-0.39, 0.29) is 15.1 Å². The van der Waals surface area contributed by atoms with Gasteiger partial charge in [0.25, 0.3) is 0 Å². The summed E-state index contributed by atoms with van der Waals surface area (Å²) in [7, 11) is 8.18. The second-order valence-electron chi connectivity index (χ2n) is 17.1. The summed E-state index contributed by atoms with van der Waals surface area (Å²) in [6.45, 7) is 20.0. The zero-order chi connectivity index (χ0) is 49.3. The van der Waals surface area contributed by atoms with Gasteiger partial charge < -0.3 is 0 Å². The van der Waals surface area contributed by atoms with Gasteiger partial charge in [0.2, 0.25) is 0 Å². The van der Waals surface area contributed by atoms with Gasteiger partial charge in [-0.1, -0.05) is 218 Å². The van der Waals surface area contributed by atoms with E-state index in [1.165, 1.54) is 97.8 Å². The van der Waals surface area contributed by atoms with E-state index in [1.54, 1.807) is 0 Å². The molecule has 0 aliphatic carbocycles. The molecule has 0 fully saturated rings. The Balaban J connectivity index is 0.000000165. The molecule has 0 saturated heterocycles. The van der Waals surface area contributed by atoms with Gasteiger partial charge in [0.1, 0.15) is 0 Å². The van der Waals surface area contributed by atoms with Crippen LogP contribution in [0.4, 0.5) is 0 Å². The van der Waals surface area contributed by atoms with E-state index < -0.39 is 23.8 Å². The van der Waals surface area contributed by atoms with Crippen molar-refractivity contribution in [1.29, 1.82) is 0 Å². The molecule has 0 aromatic heterocycles. The van der Waals surface area contributed by atoms with Crippen LogP contribution in [-0.2, 0) is 15.1 Å². The molecule has 352 valence electrons. The molecule has 0 aliphatic heterocycles. The van der Waals surface area contributed by atoms with Crippen LogP contribution in [0.15, 0.2) is 218 Å².